The number of benzene rings is 1. The van der Waals surface area contributed by atoms with Gasteiger partial charge in [0.25, 0.3) is 0 Å². The van der Waals surface area contributed by atoms with Crippen LogP contribution in [0.4, 0.5) is 5.69 Å². The smallest absolute Gasteiger partial charge is 0.229 e. The molecular weight excluding hydrogens is 392 g/mol. The van der Waals surface area contributed by atoms with E-state index < -0.39 is 10.0 Å². The summed E-state index contributed by atoms with van der Waals surface area (Å²) in [5.41, 5.74) is 2.09. The van der Waals surface area contributed by atoms with Crippen LogP contribution in [0, 0.1) is 0 Å². The van der Waals surface area contributed by atoms with E-state index in [4.69, 9.17) is 4.74 Å². The van der Waals surface area contributed by atoms with Gasteiger partial charge in [-0.15, -0.1) is 11.3 Å². The number of thiophene rings is 1. The van der Waals surface area contributed by atoms with Crippen LogP contribution < -0.4 is 9.46 Å². The van der Waals surface area contributed by atoms with Gasteiger partial charge in [-0.05, 0) is 60.5 Å². The third-order valence-corrected chi connectivity index (χ3v) is 6.71. The highest BCUT2D eigenvalue weighted by atomic mass is 32.2. The van der Waals surface area contributed by atoms with E-state index in [2.05, 4.69) is 28.0 Å². The van der Waals surface area contributed by atoms with Crippen molar-refractivity contribution in [3.05, 3.63) is 46.2 Å². The number of nitrogens with zero attached hydrogens (tertiary/aromatic N) is 1. The van der Waals surface area contributed by atoms with Gasteiger partial charge in [0.15, 0.2) is 0 Å². The first-order valence-corrected chi connectivity index (χ1v) is 12.7. The van der Waals surface area contributed by atoms with Gasteiger partial charge in [0.05, 0.1) is 12.9 Å². The summed E-state index contributed by atoms with van der Waals surface area (Å²) in [4.78, 5) is 4.19. The zero-order valence-corrected chi connectivity index (χ0v) is 18.3. The average molecular weight is 423 g/mol. The number of rotatable bonds is 10. The van der Waals surface area contributed by atoms with Gasteiger partial charge in [-0.3, -0.25) is 9.62 Å². The van der Waals surface area contributed by atoms with Gasteiger partial charge in [-0.2, -0.15) is 0 Å². The molecule has 1 aliphatic heterocycles. The van der Waals surface area contributed by atoms with E-state index in [9.17, 15) is 8.42 Å². The summed E-state index contributed by atoms with van der Waals surface area (Å²) in [7, 11) is -3.25. The van der Waals surface area contributed by atoms with Gasteiger partial charge in [-0.1, -0.05) is 19.8 Å². The monoisotopic (exact) mass is 422 g/mol. The van der Waals surface area contributed by atoms with Crippen molar-refractivity contribution in [3.63, 3.8) is 0 Å². The summed E-state index contributed by atoms with van der Waals surface area (Å²) in [6.45, 7) is 5.09. The van der Waals surface area contributed by atoms with E-state index >= 15 is 0 Å². The number of unbranched alkanes of at least 4 members (excludes halogenated alkanes) is 1. The summed E-state index contributed by atoms with van der Waals surface area (Å²) in [5.74, 6) is 0.765. The number of hydrogen-bond donors (Lipinski definition) is 1. The molecule has 2 aromatic rings. The topological polar surface area (TPSA) is 58.6 Å². The molecule has 1 atom stereocenters. The van der Waals surface area contributed by atoms with Crippen molar-refractivity contribution >= 4 is 27.0 Å². The largest absolute Gasteiger partial charge is 0.494 e. The summed E-state index contributed by atoms with van der Waals surface area (Å²) < 4.78 is 30.8. The van der Waals surface area contributed by atoms with Gasteiger partial charge in [0, 0.05) is 29.7 Å². The maximum Gasteiger partial charge on any atom is 0.229 e. The second-order valence-corrected chi connectivity index (χ2v) is 10.1. The fraction of sp³-hybridized carbons (Fsp3) is 0.524. The Balaban J connectivity index is 1.48. The van der Waals surface area contributed by atoms with Crippen molar-refractivity contribution in [2.45, 2.75) is 45.1 Å². The fourth-order valence-electron chi connectivity index (χ4n) is 3.70. The van der Waals surface area contributed by atoms with Crippen LogP contribution in [-0.4, -0.2) is 39.3 Å². The Labute approximate surface area is 172 Å². The fourth-order valence-corrected chi connectivity index (χ4v) is 5.39. The van der Waals surface area contributed by atoms with E-state index in [-0.39, 0.29) is 0 Å². The second kappa shape index (κ2) is 9.76. The Hall–Kier alpha value is -1.57. The van der Waals surface area contributed by atoms with Crippen molar-refractivity contribution in [1.29, 1.82) is 0 Å². The maximum absolute atomic E-state index is 11.3. The highest BCUT2D eigenvalue weighted by Gasteiger charge is 2.27. The molecule has 1 aromatic heterocycles. The molecule has 0 saturated carbocycles. The van der Waals surface area contributed by atoms with Crippen molar-refractivity contribution < 1.29 is 13.2 Å². The summed E-state index contributed by atoms with van der Waals surface area (Å²) in [6.07, 6.45) is 7.01. The van der Waals surface area contributed by atoms with Crippen LogP contribution in [0.2, 0.25) is 0 Å². The van der Waals surface area contributed by atoms with Crippen LogP contribution in [0.3, 0.4) is 0 Å². The van der Waals surface area contributed by atoms with Crippen LogP contribution in [0.25, 0.3) is 0 Å². The SMILES string of the molecule is CCCCC1c2sccc2CCN1CCCOc1ccc(NS(C)(=O)=O)cc1. The molecule has 2 heterocycles. The van der Waals surface area contributed by atoms with E-state index in [0.717, 1.165) is 37.9 Å². The van der Waals surface area contributed by atoms with Gasteiger partial charge in [-0.25, -0.2) is 8.42 Å². The molecule has 5 nitrogen and oxygen atoms in total. The molecule has 0 fully saturated rings. The number of anilines is 1. The first-order valence-electron chi connectivity index (χ1n) is 9.97. The van der Waals surface area contributed by atoms with Crippen molar-refractivity contribution in [3.8, 4) is 5.75 Å². The molecule has 154 valence electrons. The second-order valence-electron chi connectivity index (χ2n) is 7.35. The normalized spacial score (nSPS) is 17.3. The van der Waals surface area contributed by atoms with Gasteiger partial charge >= 0.3 is 0 Å². The molecule has 1 unspecified atom stereocenters. The standard InChI is InChI=1S/C21H30N2O3S2/c1-3-4-6-20-21-17(12-16-27-21)11-14-23(20)13-5-15-26-19-9-7-18(8-10-19)22-28(2,24)25/h7-10,12,16,20,22H,3-6,11,13-15H2,1-2H3. The minimum absolute atomic E-state index is 0.550. The molecule has 0 bridgehead atoms. The summed E-state index contributed by atoms with van der Waals surface area (Å²) >= 11 is 1.91. The molecule has 1 aromatic carbocycles. The lowest BCUT2D eigenvalue weighted by atomic mass is 9.97. The maximum atomic E-state index is 11.3. The molecule has 1 N–H and O–H groups in total. The Kier molecular flexibility index (Phi) is 7.37. The minimum Gasteiger partial charge on any atom is -0.494 e. The lowest BCUT2D eigenvalue weighted by molar-refractivity contribution is 0.162. The average Bonchev–Trinajstić information content (AvgIpc) is 3.13. The molecular formula is C21H30N2O3S2. The number of hydrogen-bond acceptors (Lipinski definition) is 5. The Bertz CT molecular complexity index is 847. The highest BCUT2D eigenvalue weighted by Crippen LogP contribution is 2.37. The predicted molar refractivity (Wildman–Crippen MR) is 117 cm³/mol. The zero-order valence-electron chi connectivity index (χ0n) is 16.7. The number of sulfonamides is 1. The highest BCUT2D eigenvalue weighted by molar-refractivity contribution is 7.92. The minimum atomic E-state index is -3.25. The molecule has 0 amide bonds. The molecule has 7 heteroatoms. The summed E-state index contributed by atoms with van der Waals surface area (Å²) in [5, 5.41) is 2.23. The van der Waals surface area contributed by atoms with Crippen LogP contribution >= 0.6 is 11.3 Å². The van der Waals surface area contributed by atoms with Crippen LogP contribution in [-0.2, 0) is 16.4 Å². The molecule has 0 saturated heterocycles. The van der Waals surface area contributed by atoms with Crippen LogP contribution in [0.1, 0.15) is 49.1 Å². The predicted octanol–water partition coefficient (Wildman–Crippen LogP) is 4.68. The van der Waals surface area contributed by atoms with Gasteiger partial charge in [0.1, 0.15) is 5.75 Å². The lowest BCUT2D eigenvalue weighted by Gasteiger charge is -2.35. The molecule has 0 spiro atoms. The zero-order chi connectivity index (χ0) is 20.0. The lowest BCUT2D eigenvalue weighted by Crippen LogP contribution is -2.35. The van der Waals surface area contributed by atoms with Crippen molar-refractivity contribution in [1.82, 2.24) is 4.90 Å². The first-order chi connectivity index (χ1) is 13.5. The van der Waals surface area contributed by atoms with Crippen molar-refractivity contribution in [2.75, 3.05) is 30.7 Å². The van der Waals surface area contributed by atoms with Crippen molar-refractivity contribution in [2.24, 2.45) is 0 Å². The van der Waals surface area contributed by atoms with E-state index in [1.807, 2.05) is 11.3 Å². The third kappa shape index (κ3) is 5.96. The Morgan fingerprint density at radius 1 is 1.21 bits per heavy atom. The quantitative estimate of drug-likeness (QED) is 0.565. The van der Waals surface area contributed by atoms with Crippen LogP contribution in [0.15, 0.2) is 35.7 Å². The molecule has 28 heavy (non-hydrogen) atoms. The van der Waals surface area contributed by atoms with Gasteiger partial charge < -0.3 is 4.74 Å². The molecule has 0 aliphatic carbocycles. The summed E-state index contributed by atoms with van der Waals surface area (Å²) in [6, 6.07) is 9.90. The van der Waals surface area contributed by atoms with E-state index in [1.54, 1.807) is 34.7 Å². The van der Waals surface area contributed by atoms with Crippen LogP contribution in [0.5, 0.6) is 5.75 Å². The molecule has 3 rings (SSSR count). The number of ether oxygens (including phenoxy) is 1. The third-order valence-electron chi connectivity index (χ3n) is 5.04. The number of nitrogens with one attached hydrogen (secondary N) is 1. The molecule has 1 aliphatic rings. The first kappa shape index (κ1) is 21.1. The molecule has 0 radical (unpaired) electrons. The number of fused-ring (bicyclic) bond motifs is 1. The Morgan fingerprint density at radius 2 is 2.00 bits per heavy atom. The Morgan fingerprint density at radius 3 is 2.71 bits per heavy atom. The van der Waals surface area contributed by atoms with E-state index in [0.29, 0.717) is 18.3 Å². The van der Waals surface area contributed by atoms with E-state index in [1.165, 1.54) is 19.3 Å². The van der Waals surface area contributed by atoms with Gasteiger partial charge in [0.2, 0.25) is 10.0 Å².